The number of imidazole rings is 1. The van der Waals surface area contributed by atoms with Crippen molar-refractivity contribution >= 4 is 6.08 Å². The van der Waals surface area contributed by atoms with Crippen molar-refractivity contribution in [2.45, 2.75) is 40.7 Å². The van der Waals surface area contributed by atoms with Gasteiger partial charge in [0.1, 0.15) is 11.9 Å². The van der Waals surface area contributed by atoms with Crippen LogP contribution < -0.4 is 4.57 Å². The van der Waals surface area contributed by atoms with Crippen LogP contribution in [0.1, 0.15) is 38.8 Å². The SMILES string of the molecule is C=Cc1ccc(-c2cn(-c3ccc(CC(C)C)cc3)c[n+]2CC(C)C)cc1. The van der Waals surface area contributed by atoms with Gasteiger partial charge in [-0.05, 0) is 53.6 Å². The first-order chi connectivity index (χ1) is 13.0. The van der Waals surface area contributed by atoms with E-state index in [0.717, 1.165) is 18.5 Å². The largest absolute Gasteiger partial charge is 0.249 e. The summed E-state index contributed by atoms with van der Waals surface area (Å²) in [6.07, 6.45) is 7.47. The second-order valence-electron chi connectivity index (χ2n) is 8.17. The van der Waals surface area contributed by atoms with Gasteiger partial charge >= 0.3 is 0 Å². The molecule has 1 heterocycles. The molecule has 0 spiro atoms. The highest BCUT2D eigenvalue weighted by atomic mass is 15.1. The topological polar surface area (TPSA) is 8.81 Å². The van der Waals surface area contributed by atoms with Crippen molar-refractivity contribution in [3.8, 4) is 16.9 Å². The zero-order valence-corrected chi connectivity index (χ0v) is 17.0. The molecule has 0 bridgehead atoms. The van der Waals surface area contributed by atoms with Crippen LogP contribution in [0.3, 0.4) is 0 Å². The van der Waals surface area contributed by atoms with E-state index < -0.39 is 0 Å². The lowest BCUT2D eigenvalue weighted by atomic mass is 10.0. The van der Waals surface area contributed by atoms with E-state index in [1.165, 1.54) is 22.5 Å². The summed E-state index contributed by atoms with van der Waals surface area (Å²) in [7, 11) is 0. The van der Waals surface area contributed by atoms with Crippen molar-refractivity contribution in [3.63, 3.8) is 0 Å². The molecule has 0 aliphatic carbocycles. The molecule has 0 saturated carbocycles. The van der Waals surface area contributed by atoms with E-state index in [0.29, 0.717) is 11.8 Å². The van der Waals surface area contributed by atoms with Crippen LogP contribution in [-0.4, -0.2) is 4.57 Å². The van der Waals surface area contributed by atoms with Crippen molar-refractivity contribution < 1.29 is 4.57 Å². The minimum atomic E-state index is 0.588. The number of rotatable bonds is 7. The molecule has 0 atom stereocenters. The zero-order chi connectivity index (χ0) is 19.4. The highest BCUT2D eigenvalue weighted by molar-refractivity contribution is 5.60. The van der Waals surface area contributed by atoms with Gasteiger partial charge in [-0.2, -0.15) is 0 Å². The van der Waals surface area contributed by atoms with Crippen molar-refractivity contribution in [2.75, 3.05) is 0 Å². The Morgan fingerprint density at radius 2 is 1.59 bits per heavy atom. The van der Waals surface area contributed by atoms with Crippen LogP contribution in [0.15, 0.2) is 67.6 Å². The van der Waals surface area contributed by atoms with E-state index in [4.69, 9.17) is 0 Å². The summed E-state index contributed by atoms with van der Waals surface area (Å²) in [6, 6.07) is 17.6. The second kappa shape index (κ2) is 8.39. The van der Waals surface area contributed by atoms with Gasteiger partial charge in [-0.3, -0.25) is 0 Å². The van der Waals surface area contributed by atoms with Gasteiger partial charge in [-0.1, -0.05) is 64.6 Å². The predicted octanol–water partition coefficient (Wildman–Crippen LogP) is 5.93. The molecule has 27 heavy (non-hydrogen) atoms. The summed E-state index contributed by atoms with van der Waals surface area (Å²) in [6.45, 7) is 13.9. The molecule has 140 valence electrons. The lowest BCUT2D eigenvalue weighted by Crippen LogP contribution is -2.36. The van der Waals surface area contributed by atoms with Crippen LogP contribution >= 0.6 is 0 Å². The van der Waals surface area contributed by atoms with Crippen LogP contribution in [0.5, 0.6) is 0 Å². The summed E-state index contributed by atoms with van der Waals surface area (Å²) in [5.74, 6) is 1.27. The quantitative estimate of drug-likeness (QED) is 0.462. The Bertz CT molecular complexity index is 881. The lowest BCUT2D eigenvalue weighted by Gasteiger charge is -2.05. The third kappa shape index (κ3) is 4.77. The van der Waals surface area contributed by atoms with Crippen LogP contribution in [-0.2, 0) is 13.0 Å². The van der Waals surface area contributed by atoms with Gasteiger partial charge in [0.2, 0.25) is 6.33 Å². The molecule has 0 aliphatic rings. The smallest absolute Gasteiger partial charge is 0.229 e. The van der Waals surface area contributed by atoms with Crippen LogP contribution in [0, 0.1) is 11.8 Å². The molecule has 0 N–H and O–H groups in total. The minimum absolute atomic E-state index is 0.588. The molecular formula is C25H31N2+. The first kappa shape index (κ1) is 19.2. The molecule has 0 radical (unpaired) electrons. The highest BCUT2D eigenvalue weighted by Gasteiger charge is 2.18. The average Bonchev–Trinajstić information content (AvgIpc) is 3.05. The normalized spacial score (nSPS) is 11.3. The molecule has 0 unspecified atom stereocenters. The fourth-order valence-corrected chi connectivity index (χ4v) is 3.44. The first-order valence-electron chi connectivity index (χ1n) is 9.90. The highest BCUT2D eigenvalue weighted by Crippen LogP contribution is 2.20. The van der Waals surface area contributed by atoms with Crippen molar-refractivity contribution in [1.82, 2.24) is 4.57 Å². The van der Waals surface area contributed by atoms with Gasteiger partial charge in [-0.15, -0.1) is 0 Å². The predicted molar refractivity (Wildman–Crippen MR) is 115 cm³/mol. The third-order valence-corrected chi connectivity index (χ3v) is 4.72. The molecule has 3 rings (SSSR count). The lowest BCUT2D eigenvalue weighted by molar-refractivity contribution is -0.691. The zero-order valence-electron chi connectivity index (χ0n) is 17.0. The molecule has 3 aromatic rings. The Kier molecular flexibility index (Phi) is 5.95. The standard InChI is InChI=1S/C25H31N2/c1-6-21-7-11-23(12-8-21)25-17-26(18-27(25)16-20(4)5)24-13-9-22(10-14-24)15-19(2)3/h6-14,17-20H,1,15-16H2,2-5H3/q+1. The van der Waals surface area contributed by atoms with E-state index >= 15 is 0 Å². The molecule has 2 heteroatoms. The maximum absolute atomic E-state index is 3.85. The summed E-state index contributed by atoms with van der Waals surface area (Å²) < 4.78 is 4.59. The summed E-state index contributed by atoms with van der Waals surface area (Å²) in [5, 5.41) is 0. The number of nitrogens with zero attached hydrogens (tertiary/aromatic N) is 2. The van der Waals surface area contributed by atoms with Crippen LogP contribution in [0.25, 0.3) is 23.0 Å². The first-order valence-corrected chi connectivity index (χ1v) is 9.90. The third-order valence-electron chi connectivity index (χ3n) is 4.72. The number of hydrogen-bond acceptors (Lipinski definition) is 0. The summed E-state index contributed by atoms with van der Waals surface area (Å²) in [5.41, 5.74) is 6.22. The van der Waals surface area contributed by atoms with Gasteiger partial charge in [-0.25, -0.2) is 9.13 Å². The molecule has 2 nitrogen and oxygen atoms in total. The van der Waals surface area contributed by atoms with Crippen molar-refractivity contribution in [1.29, 1.82) is 0 Å². The van der Waals surface area contributed by atoms with Gasteiger partial charge < -0.3 is 0 Å². The van der Waals surface area contributed by atoms with Crippen LogP contribution in [0.4, 0.5) is 0 Å². The van der Waals surface area contributed by atoms with Gasteiger partial charge in [0, 0.05) is 5.56 Å². The molecule has 0 saturated heterocycles. The Labute approximate surface area is 163 Å². The maximum Gasteiger partial charge on any atom is 0.249 e. The summed E-state index contributed by atoms with van der Waals surface area (Å²) in [4.78, 5) is 0. The van der Waals surface area contributed by atoms with Crippen molar-refractivity contribution in [2.24, 2.45) is 11.8 Å². The van der Waals surface area contributed by atoms with E-state index in [2.05, 4.69) is 104 Å². The van der Waals surface area contributed by atoms with Gasteiger partial charge in [0.15, 0.2) is 5.69 Å². The van der Waals surface area contributed by atoms with Gasteiger partial charge in [0.05, 0.1) is 6.54 Å². The monoisotopic (exact) mass is 359 g/mol. The average molecular weight is 360 g/mol. The maximum atomic E-state index is 3.85. The molecule has 0 aliphatic heterocycles. The molecule has 0 fully saturated rings. The summed E-state index contributed by atoms with van der Waals surface area (Å²) >= 11 is 0. The Hall–Kier alpha value is -2.61. The van der Waals surface area contributed by atoms with E-state index in [9.17, 15) is 0 Å². The van der Waals surface area contributed by atoms with Gasteiger partial charge in [0.25, 0.3) is 0 Å². The second-order valence-corrected chi connectivity index (χ2v) is 8.17. The molecule has 2 aromatic carbocycles. The van der Waals surface area contributed by atoms with E-state index in [1.807, 2.05) is 6.08 Å². The van der Waals surface area contributed by atoms with Crippen molar-refractivity contribution in [3.05, 3.63) is 78.8 Å². The van der Waals surface area contributed by atoms with E-state index in [-0.39, 0.29) is 0 Å². The molecular weight excluding hydrogens is 328 g/mol. The Morgan fingerprint density at radius 3 is 2.15 bits per heavy atom. The fraction of sp³-hybridized carbons (Fsp3) is 0.320. The number of benzene rings is 2. The fourth-order valence-electron chi connectivity index (χ4n) is 3.44. The number of aromatic nitrogens is 2. The minimum Gasteiger partial charge on any atom is -0.229 e. The molecule has 1 aromatic heterocycles. The van der Waals surface area contributed by atoms with Crippen LogP contribution in [0.2, 0.25) is 0 Å². The number of hydrogen-bond donors (Lipinski definition) is 0. The Balaban J connectivity index is 1.96. The Morgan fingerprint density at radius 1 is 0.926 bits per heavy atom. The van der Waals surface area contributed by atoms with E-state index in [1.54, 1.807) is 0 Å². The molecule has 0 amide bonds.